The molecule has 0 aliphatic carbocycles. The number of hydrogen-bond acceptors (Lipinski definition) is 2. The lowest BCUT2D eigenvalue weighted by molar-refractivity contribution is 0.256. The first-order chi connectivity index (χ1) is 15.7. The molecule has 0 saturated carbocycles. The van der Waals surface area contributed by atoms with Crippen molar-refractivity contribution in [3.05, 3.63) is 84.6 Å². The van der Waals surface area contributed by atoms with Crippen molar-refractivity contribution in [2.45, 2.75) is 18.8 Å². The number of fused-ring (bicyclic) bond motifs is 1. The van der Waals surface area contributed by atoms with Crippen LogP contribution in [0.2, 0.25) is 0 Å². The normalized spacial score (nSPS) is 15.0. The number of benzene rings is 3. The van der Waals surface area contributed by atoms with Crippen molar-refractivity contribution in [1.82, 2.24) is 9.88 Å². The topological polar surface area (TPSA) is 60.2 Å². The van der Waals surface area contributed by atoms with Gasteiger partial charge in [0.15, 0.2) is 0 Å². The highest BCUT2D eigenvalue weighted by atomic mass is 16.2. The van der Waals surface area contributed by atoms with Crippen LogP contribution in [0.25, 0.3) is 22.0 Å². The molecule has 3 aromatic carbocycles. The van der Waals surface area contributed by atoms with Gasteiger partial charge in [0.1, 0.15) is 0 Å². The minimum absolute atomic E-state index is 0.242. The Labute approximate surface area is 188 Å². The van der Waals surface area contributed by atoms with Gasteiger partial charge in [-0.3, -0.25) is 0 Å². The Morgan fingerprint density at radius 2 is 1.53 bits per heavy atom. The summed E-state index contributed by atoms with van der Waals surface area (Å²) in [4.78, 5) is 18.4. The zero-order valence-electron chi connectivity index (χ0n) is 18.3. The number of piperidine rings is 1. The van der Waals surface area contributed by atoms with E-state index >= 15 is 0 Å². The van der Waals surface area contributed by atoms with E-state index < -0.39 is 0 Å². The number of likely N-dealkylation sites (tertiary alicyclic amines) is 1. The van der Waals surface area contributed by atoms with E-state index in [-0.39, 0.29) is 6.03 Å². The largest absolute Gasteiger partial charge is 0.361 e. The first-order valence-corrected chi connectivity index (χ1v) is 11.2. The Bertz CT molecular complexity index is 1210. The monoisotopic (exact) mass is 424 g/mol. The molecule has 5 rings (SSSR count). The van der Waals surface area contributed by atoms with Gasteiger partial charge in [-0.2, -0.15) is 0 Å². The maximum absolute atomic E-state index is 12.6. The van der Waals surface area contributed by atoms with E-state index in [1.165, 1.54) is 23.8 Å². The number of aromatic nitrogens is 1. The third-order valence-electron chi connectivity index (χ3n) is 6.38. The maximum atomic E-state index is 12.6. The minimum atomic E-state index is -0.242. The number of nitrogens with one attached hydrogen (secondary N) is 3. The summed E-state index contributed by atoms with van der Waals surface area (Å²) in [6, 6.07) is 23.9. The molecule has 0 atom stereocenters. The van der Waals surface area contributed by atoms with E-state index in [1.807, 2.05) is 54.6 Å². The second kappa shape index (κ2) is 8.89. The molecule has 1 aromatic heterocycles. The number of aromatic amines is 1. The molecule has 1 fully saturated rings. The van der Waals surface area contributed by atoms with Gasteiger partial charge in [0, 0.05) is 28.5 Å². The van der Waals surface area contributed by atoms with Crippen molar-refractivity contribution in [3.8, 4) is 11.1 Å². The van der Waals surface area contributed by atoms with Gasteiger partial charge in [0.05, 0.1) is 0 Å². The molecule has 2 heterocycles. The predicted octanol–water partition coefficient (Wildman–Crippen LogP) is 6.29. The van der Waals surface area contributed by atoms with Crippen LogP contribution in [0.5, 0.6) is 0 Å². The number of amides is 2. The second-order valence-electron chi connectivity index (χ2n) is 8.60. The summed E-state index contributed by atoms with van der Waals surface area (Å²) in [5.74, 6) is 0.562. The Kier molecular flexibility index (Phi) is 5.65. The lowest BCUT2D eigenvalue weighted by Gasteiger charge is -2.28. The predicted molar refractivity (Wildman–Crippen MR) is 132 cm³/mol. The van der Waals surface area contributed by atoms with Gasteiger partial charge in [0.2, 0.25) is 0 Å². The molecule has 2 amide bonds. The number of carbonyl (C=O) groups excluding carboxylic acids is 1. The summed E-state index contributed by atoms with van der Waals surface area (Å²) in [6.45, 7) is 2.25. The molecule has 4 aromatic rings. The van der Waals surface area contributed by atoms with E-state index in [2.05, 4.69) is 52.0 Å². The molecule has 162 valence electrons. The summed E-state index contributed by atoms with van der Waals surface area (Å²) in [6.07, 6.45) is 4.47. The fourth-order valence-corrected chi connectivity index (χ4v) is 4.55. The number of carbonyl (C=O) groups is 1. The third kappa shape index (κ3) is 4.39. The first kappa shape index (κ1) is 20.3. The van der Waals surface area contributed by atoms with Crippen LogP contribution in [0.3, 0.4) is 0 Å². The summed E-state index contributed by atoms with van der Waals surface area (Å²) in [7, 11) is 2.18. The summed E-state index contributed by atoms with van der Waals surface area (Å²) in [5, 5.41) is 7.11. The van der Waals surface area contributed by atoms with Crippen molar-refractivity contribution in [1.29, 1.82) is 0 Å². The summed E-state index contributed by atoms with van der Waals surface area (Å²) in [5.41, 5.74) is 6.30. The van der Waals surface area contributed by atoms with Crippen LogP contribution >= 0.6 is 0 Å². The fraction of sp³-hybridized carbons (Fsp3) is 0.222. The van der Waals surface area contributed by atoms with Crippen molar-refractivity contribution in [2.75, 3.05) is 30.8 Å². The van der Waals surface area contributed by atoms with E-state index in [0.29, 0.717) is 5.92 Å². The van der Waals surface area contributed by atoms with Crippen LogP contribution in [0.1, 0.15) is 24.3 Å². The van der Waals surface area contributed by atoms with Crippen LogP contribution in [-0.2, 0) is 0 Å². The van der Waals surface area contributed by atoms with Gasteiger partial charge in [-0.05, 0) is 85.9 Å². The zero-order chi connectivity index (χ0) is 21.9. The average molecular weight is 425 g/mol. The lowest BCUT2D eigenvalue weighted by Crippen LogP contribution is -2.29. The molecule has 5 nitrogen and oxygen atoms in total. The van der Waals surface area contributed by atoms with Crippen molar-refractivity contribution in [3.63, 3.8) is 0 Å². The Morgan fingerprint density at radius 1 is 0.875 bits per heavy atom. The molecule has 1 saturated heterocycles. The van der Waals surface area contributed by atoms with Crippen LogP contribution in [0.4, 0.5) is 16.2 Å². The van der Waals surface area contributed by atoms with Gasteiger partial charge >= 0.3 is 6.03 Å². The average Bonchev–Trinajstić information content (AvgIpc) is 3.24. The molecular formula is C27H28N4O. The molecule has 3 N–H and O–H groups in total. The van der Waals surface area contributed by atoms with E-state index in [0.717, 1.165) is 41.1 Å². The number of H-pyrrole nitrogens is 1. The Hall–Kier alpha value is -3.57. The highest BCUT2D eigenvalue weighted by molar-refractivity contribution is 6.01. The van der Waals surface area contributed by atoms with E-state index in [1.54, 1.807) is 0 Å². The van der Waals surface area contributed by atoms with E-state index in [4.69, 9.17) is 0 Å². The molecule has 0 bridgehead atoms. The molecule has 0 unspecified atom stereocenters. The minimum Gasteiger partial charge on any atom is -0.361 e. The first-order valence-electron chi connectivity index (χ1n) is 11.2. The van der Waals surface area contributed by atoms with Gasteiger partial charge in [0.25, 0.3) is 0 Å². The molecule has 32 heavy (non-hydrogen) atoms. The molecule has 1 aliphatic rings. The maximum Gasteiger partial charge on any atom is 0.323 e. The zero-order valence-corrected chi connectivity index (χ0v) is 18.3. The number of hydrogen-bond donors (Lipinski definition) is 3. The van der Waals surface area contributed by atoms with Gasteiger partial charge in [-0.15, -0.1) is 0 Å². The number of rotatable bonds is 4. The second-order valence-corrected chi connectivity index (χ2v) is 8.60. The molecule has 0 radical (unpaired) electrons. The van der Waals surface area contributed by atoms with Gasteiger partial charge in [-0.25, -0.2) is 4.79 Å². The van der Waals surface area contributed by atoms with Crippen molar-refractivity contribution < 1.29 is 4.79 Å². The standard InChI is InChI=1S/C27H28N4O/c1-31-15-13-21(14-16-31)25-18-28-26-12-11-23(17-24(25)26)30-27(32)29-22-9-7-20(8-10-22)19-5-3-2-4-6-19/h2-12,17-18,21,28H,13-16H2,1H3,(H2,29,30,32). The van der Waals surface area contributed by atoms with Gasteiger partial charge < -0.3 is 20.5 Å². The highest BCUT2D eigenvalue weighted by Crippen LogP contribution is 2.34. The SMILES string of the molecule is CN1CCC(c2c[nH]c3ccc(NC(=O)Nc4ccc(-c5ccccc5)cc4)cc23)CC1. The molecular weight excluding hydrogens is 396 g/mol. The quantitative estimate of drug-likeness (QED) is 0.361. The Morgan fingerprint density at radius 3 is 2.28 bits per heavy atom. The highest BCUT2D eigenvalue weighted by Gasteiger charge is 2.21. The van der Waals surface area contributed by atoms with Crippen LogP contribution in [-0.4, -0.2) is 36.1 Å². The smallest absolute Gasteiger partial charge is 0.323 e. The summed E-state index contributed by atoms with van der Waals surface area (Å²) >= 11 is 0. The van der Waals surface area contributed by atoms with Crippen molar-refractivity contribution >= 4 is 28.3 Å². The number of urea groups is 1. The van der Waals surface area contributed by atoms with Crippen LogP contribution in [0.15, 0.2) is 79.0 Å². The van der Waals surface area contributed by atoms with Crippen LogP contribution in [0, 0.1) is 0 Å². The number of nitrogens with zero attached hydrogens (tertiary/aromatic N) is 1. The lowest BCUT2D eigenvalue weighted by atomic mass is 9.89. The fourth-order valence-electron chi connectivity index (χ4n) is 4.55. The third-order valence-corrected chi connectivity index (χ3v) is 6.38. The summed E-state index contributed by atoms with van der Waals surface area (Å²) < 4.78 is 0. The van der Waals surface area contributed by atoms with E-state index in [9.17, 15) is 4.79 Å². The number of anilines is 2. The molecule has 0 spiro atoms. The molecule has 1 aliphatic heterocycles. The Balaban J connectivity index is 1.27. The van der Waals surface area contributed by atoms with Crippen LogP contribution < -0.4 is 10.6 Å². The van der Waals surface area contributed by atoms with Gasteiger partial charge in [-0.1, -0.05) is 42.5 Å². The molecule has 5 heteroatoms. The van der Waals surface area contributed by atoms with Crippen molar-refractivity contribution in [2.24, 2.45) is 0 Å².